The van der Waals surface area contributed by atoms with E-state index in [0.29, 0.717) is 12.2 Å². The zero-order valence-corrected chi connectivity index (χ0v) is 11.5. The maximum Gasteiger partial charge on any atom is 0.305 e. The average molecular weight is 275 g/mol. The fourth-order valence-corrected chi connectivity index (χ4v) is 2.28. The van der Waals surface area contributed by atoms with Crippen LogP contribution in [-0.2, 0) is 4.79 Å². The highest BCUT2D eigenvalue weighted by Gasteiger charge is 2.25. The van der Waals surface area contributed by atoms with Gasteiger partial charge in [-0.25, -0.2) is 0 Å². The summed E-state index contributed by atoms with van der Waals surface area (Å²) in [5.74, 6) is -1.17. The van der Waals surface area contributed by atoms with Crippen LogP contribution in [-0.4, -0.2) is 44.7 Å². The number of aliphatic carboxylic acids is 1. The number of nitrogens with zero attached hydrogens (tertiary/aromatic N) is 2. The second-order valence-electron chi connectivity index (χ2n) is 4.66. The standard InChI is InChI=1S/C14H17N3O3/c1-3-17(9(2)8-12(18)19)14(20)13-10-6-4-5-7-11(10)15-16-13/h4-7,9H,3,8H2,1-2H3,(H,15,16)(H,18,19). The lowest BCUT2D eigenvalue weighted by atomic mass is 10.1. The molecule has 2 rings (SSSR count). The molecular weight excluding hydrogens is 258 g/mol. The first-order valence-electron chi connectivity index (χ1n) is 6.50. The van der Waals surface area contributed by atoms with Gasteiger partial charge < -0.3 is 10.0 Å². The van der Waals surface area contributed by atoms with E-state index in [-0.39, 0.29) is 18.4 Å². The molecule has 2 aromatic rings. The molecule has 1 heterocycles. The Balaban J connectivity index is 2.31. The van der Waals surface area contributed by atoms with Crippen molar-refractivity contribution in [1.82, 2.24) is 15.1 Å². The van der Waals surface area contributed by atoms with Crippen LogP contribution in [0.5, 0.6) is 0 Å². The van der Waals surface area contributed by atoms with Crippen molar-refractivity contribution in [3.63, 3.8) is 0 Å². The van der Waals surface area contributed by atoms with Crippen molar-refractivity contribution in [2.75, 3.05) is 6.54 Å². The van der Waals surface area contributed by atoms with Crippen molar-refractivity contribution in [2.45, 2.75) is 26.3 Å². The van der Waals surface area contributed by atoms with Gasteiger partial charge in [0.05, 0.1) is 11.9 Å². The van der Waals surface area contributed by atoms with Gasteiger partial charge in [-0.3, -0.25) is 14.7 Å². The molecule has 0 aliphatic rings. The fourth-order valence-electron chi connectivity index (χ4n) is 2.28. The molecule has 1 amide bonds. The largest absolute Gasteiger partial charge is 0.481 e. The van der Waals surface area contributed by atoms with E-state index < -0.39 is 5.97 Å². The van der Waals surface area contributed by atoms with Gasteiger partial charge in [-0.05, 0) is 19.9 Å². The number of rotatable bonds is 5. The van der Waals surface area contributed by atoms with Crippen LogP contribution in [0.4, 0.5) is 0 Å². The lowest BCUT2D eigenvalue weighted by Gasteiger charge is -2.26. The van der Waals surface area contributed by atoms with E-state index in [1.165, 1.54) is 4.90 Å². The number of nitrogens with one attached hydrogen (secondary N) is 1. The van der Waals surface area contributed by atoms with Crippen molar-refractivity contribution >= 4 is 22.8 Å². The molecule has 20 heavy (non-hydrogen) atoms. The molecule has 0 radical (unpaired) electrons. The maximum atomic E-state index is 12.5. The molecule has 2 N–H and O–H groups in total. The van der Waals surface area contributed by atoms with Gasteiger partial charge in [-0.15, -0.1) is 0 Å². The number of carboxylic acid groups (broad SMARTS) is 1. The van der Waals surface area contributed by atoms with Gasteiger partial charge in [0, 0.05) is 18.0 Å². The number of carboxylic acids is 1. The van der Waals surface area contributed by atoms with Crippen molar-refractivity contribution in [1.29, 1.82) is 0 Å². The molecule has 1 aromatic carbocycles. The van der Waals surface area contributed by atoms with Crippen LogP contribution in [0.1, 0.15) is 30.8 Å². The highest BCUT2D eigenvalue weighted by Crippen LogP contribution is 2.18. The smallest absolute Gasteiger partial charge is 0.305 e. The predicted octanol–water partition coefficient (Wildman–Crippen LogP) is 1.89. The van der Waals surface area contributed by atoms with E-state index in [0.717, 1.165) is 10.9 Å². The van der Waals surface area contributed by atoms with Gasteiger partial charge in [-0.2, -0.15) is 5.10 Å². The Labute approximate surface area is 116 Å². The van der Waals surface area contributed by atoms with Crippen molar-refractivity contribution in [3.05, 3.63) is 30.0 Å². The number of fused-ring (bicyclic) bond motifs is 1. The SMILES string of the molecule is CCN(C(=O)c1n[nH]c2ccccc12)C(C)CC(=O)O. The zero-order chi connectivity index (χ0) is 14.7. The number of carbonyl (C=O) groups excluding carboxylic acids is 1. The third kappa shape index (κ3) is 2.64. The van der Waals surface area contributed by atoms with Crippen molar-refractivity contribution in [3.8, 4) is 0 Å². The second-order valence-corrected chi connectivity index (χ2v) is 4.66. The zero-order valence-electron chi connectivity index (χ0n) is 11.5. The normalized spacial score (nSPS) is 12.3. The average Bonchev–Trinajstić information content (AvgIpc) is 2.82. The third-order valence-electron chi connectivity index (χ3n) is 3.28. The Kier molecular flexibility index (Phi) is 4.02. The first kappa shape index (κ1) is 14.0. The number of carbonyl (C=O) groups is 2. The Bertz CT molecular complexity index is 635. The summed E-state index contributed by atoms with van der Waals surface area (Å²) < 4.78 is 0. The molecule has 0 saturated heterocycles. The molecular formula is C14H17N3O3. The van der Waals surface area contributed by atoms with Crippen molar-refractivity contribution < 1.29 is 14.7 Å². The molecule has 1 aromatic heterocycles. The van der Waals surface area contributed by atoms with Gasteiger partial charge in [0.2, 0.25) is 0 Å². The van der Waals surface area contributed by atoms with E-state index in [1.807, 2.05) is 31.2 Å². The van der Waals surface area contributed by atoms with Gasteiger partial charge in [0.25, 0.3) is 5.91 Å². The number of hydrogen-bond donors (Lipinski definition) is 2. The summed E-state index contributed by atoms with van der Waals surface area (Å²) in [4.78, 5) is 24.8. The third-order valence-corrected chi connectivity index (χ3v) is 3.28. The van der Waals surface area contributed by atoms with Crippen molar-refractivity contribution in [2.24, 2.45) is 0 Å². The molecule has 1 atom stereocenters. The molecule has 0 aliphatic heterocycles. The number of hydrogen-bond acceptors (Lipinski definition) is 3. The highest BCUT2D eigenvalue weighted by molar-refractivity contribution is 6.04. The number of aromatic amines is 1. The van der Waals surface area contributed by atoms with Gasteiger partial charge >= 0.3 is 5.97 Å². The summed E-state index contributed by atoms with van der Waals surface area (Å²) in [5, 5.41) is 16.5. The maximum absolute atomic E-state index is 12.5. The predicted molar refractivity (Wildman–Crippen MR) is 74.5 cm³/mol. The Morgan fingerprint density at radius 2 is 2.10 bits per heavy atom. The minimum absolute atomic E-state index is 0.0814. The van der Waals surface area contributed by atoms with Gasteiger partial charge in [0.1, 0.15) is 0 Å². The molecule has 6 heteroatoms. The molecule has 0 saturated carbocycles. The molecule has 0 fully saturated rings. The van der Waals surface area contributed by atoms with Crippen LogP contribution in [0, 0.1) is 0 Å². The Hall–Kier alpha value is -2.37. The highest BCUT2D eigenvalue weighted by atomic mass is 16.4. The van der Waals surface area contributed by atoms with Crippen LogP contribution in [0.25, 0.3) is 10.9 Å². The number of aromatic nitrogens is 2. The molecule has 0 spiro atoms. The topological polar surface area (TPSA) is 86.3 Å². The second kappa shape index (κ2) is 5.73. The molecule has 0 aliphatic carbocycles. The van der Waals surface area contributed by atoms with Crippen LogP contribution in [0.15, 0.2) is 24.3 Å². The first-order valence-corrected chi connectivity index (χ1v) is 6.50. The number of amides is 1. The lowest BCUT2D eigenvalue weighted by Crippen LogP contribution is -2.39. The minimum atomic E-state index is -0.921. The summed E-state index contributed by atoms with van der Waals surface area (Å²) in [5.41, 5.74) is 1.12. The van der Waals surface area contributed by atoms with Crippen LogP contribution in [0.2, 0.25) is 0 Å². The summed E-state index contributed by atoms with van der Waals surface area (Å²) in [6.45, 7) is 3.99. The summed E-state index contributed by atoms with van der Waals surface area (Å²) >= 11 is 0. The first-order chi connectivity index (χ1) is 9.54. The minimum Gasteiger partial charge on any atom is -0.481 e. The van der Waals surface area contributed by atoms with E-state index in [1.54, 1.807) is 6.92 Å². The van der Waals surface area contributed by atoms with Crippen LogP contribution < -0.4 is 0 Å². The monoisotopic (exact) mass is 275 g/mol. The molecule has 1 unspecified atom stereocenters. The number of benzene rings is 1. The van der Waals surface area contributed by atoms with Crippen LogP contribution >= 0.6 is 0 Å². The van der Waals surface area contributed by atoms with E-state index in [2.05, 4.69) is 10.2 Å². The molecule has 106 valence electrons. The summed E-state index contributed by atoms with van der Waals surface area (Å²) in [7, 11) is 0. The number of para-hydroxylation sites is 1. The number of H-pyrrole nitrogens is 1. The Morgan fingerprint density at radius 3 is 2.75 bits per heavy atom. The van der Waals surface area contributed by atoms with E-state index in [4.69, 9.17) is 5.11 Å². The van der Waals surface area contributed by atoms with E-state index >= 15 is 0 Å². The molecule has 6 nitrogen and oxygen atoms in total. The van der Waals surface area contributed by atoms with Gasteiger partial charge in [-0.1, -0.05) is 18.2 Å². The lowest BCUT2D eigenvalue weighted by molar-refractivity contribution is -0.138. The van der Waals surface area contributed by atoms with Crippen LogP contribution in [0.3, 0.4) is 0 Å². The Morgan fingerprint density at radius 1 is 1.40 bits per heavy atom. The van der Waals surface area contributed by atoms with E-state index in [9.17, 15) is 9.59 Å². The van der Waals surface area contributed by atoms with Gasteiger partial charge in [0.15, 0.2) is 5.69 Å². The summed E-state index contributed by atoms with van der Waals surface area (Å²) in [6.07, 6.45) is -0.0814. The fraction of sp³-hybridized carbons (Fsp3) is 0.357. The quantitative estimate of drug-likeness (QED) is 0.872. The summed E-state index contributed by atoms with van der Waals surface area (Å²) in [6, 6.07) is 6.99. The molecule has 0 bridgehead atoms.